The molecule has 0 amide bonds. The van der Waals surface area contributed by atoms with Crippen LogP contribution in [0.3, 0.4) is 0 Å². The Bertz CT molecular complexity index is 1030. The lowest BCUT2D eigenvalue weighted by Crippen LogP contribution is -2.06. The van der Waals surface area contributed by atoms with Gasteiger partial charge in [-0.3, -0.25) is 0 Å². The van der Waals surface area contributed by atoms with Gasteiger partial charge in [-0.25, -0.2) is 17.2 Å². The van der Waals surface area contributed by atoms with Gasteiger partial charge >= 0.3 is 0 Å². The maximum Gasteiger partial charge on any atom is 0.184 e. The maximum absolute atomic E-state index is 13.9. The van der Waals surface area contributed by atoms with Crippen molar-refractivity contribution in [2.24, 2.45) is 0 Å². The number of nitrogens with one attached hydrogen (secondary N) is 1. The third-order valence-electron chi connectivity index (χ3n) is 3.62. The number of H-pyrrole nitrogens is 1. The van der Waals surface area contributed by atoms with Gasteiger partial charge in [0.2, 0.25) is 0 Å². The topological polar surface area (TPSA) is 59.2 Å². The number of sulfone groups is 1. The first-order valence-corrected chi connectivity index (χ1v) is 9.27. The van der Waals surface area contributed by atoms with Crippen molar-refractivity contribution >= 4 is 36.7 Å². The molecule has 1 aromatic heterocycles. The monoisotopic (exact) mass is 415 g/mol. The minimum absolute atomic E-state index is 0.0304. The second-order valence-corrected chi connectivity index (χ2v) is 7.99. The summed E-state index contributed by atoms with van der Waals surface area (Å²) in [6.45, 7) is 0. The number of aromatic amines is 1. The summed E-state index contributed by atoms with van der Waals surface area (Å²) in [4.78, 5) is 2.89. The number of ether oxygens (including phenoxy) is 1. The molecule has 0 saturated heterocycles. The lowest BCUT2D eigenvalue weighted by molar-refractivity contribution is 0.415. The molecule has 2 aromatic carbocycles. The van der Waals surface area contributed by atoms with E-state index in [9.17, 15) is 17.2 Å². The molecule has 0 spiro atoms. The number of rotatable bonds is 4. The summed E-state index contributed by atoms with van der Waals surface area (Å²) in [7, 11) is -2.36. The zero-order chi connectivity index (χ0) is 17.5. The van der Waals surface area contributed by atoms with E-state index < -0.39 is 27.2 Å². The van der Waals surface area contributed by atoms with Crippen molar-refractivity contribution in [1.82, 2.24) is 4.98 Å². The van der Waals surface area contributed by atoms with Crippen molar-refractivity contribution in [3.63, 3.8) is 0 Å². The van der Waals surface area contributed by atoms with Gasteiger partial charge in [-0.1, -0.05) is 0 Å². The Balaban J connectivity index is 2.04. The summed E-state index contributed by atoms with van der Waals surface area (Å²) in [5.74, 6) is -1.56. The molecule has 1 N–H and O–H groups in total. The highest BCUT2D eigenvalue weighted by Gasteiger charge is 2.22. The molecular formula is C16H12BrF2NO3S. The normalized spacial score (nSPS) is 11.8. The predicted octanol–water partition coefficient (Wildman–Crippen LogP) is 4.19. The second kappa shape index (κ2) is 6.18. The molecular weight excluding hydrogens is 404 g/mol. The summed E-state index contributed by atoms with van der Waals surface area (Å²) >= 11 is 2.86. The number of aromatic nitrogens is 1. The summed E-state index contributed by atoms with van der Waals surface area (Å²) in [6, 6.07) is 6.70. The van der Waals surface area contributed by atoms with Crippen LogP contribution < -0.4 is 4.74 Å². The van der Waals surface area contributed by atoms with Crippen molar-refractivity contribution < 1.29 is 21.9 Å². The quantitative estimate of drug-likeness (QED) is 0.649. The number of fused-ring (bicyclic) bond motifs is 1. The summed E-state index contributed by atoms with van der Waals surface area (Å²) < 4.78 is 57.8. The smallest absolute Gasteiger partial charge is 0.184 e. The van der Waals surface area contributed by atoms with E-state index in [0.717, 1.165) is 12.1 Å². The Kier molecular flexibility index (Phi) is 4.35. The zero-order valence-electron chi connectivity index (χ0n) is 12.4. The van der Waals surface area contributed by atoms with E-state index in [1.807, 2.05) is 0 Å². The molecule has 3 aromatic rings. The highest BCUT2D eigenvalue weighted by Crippen LogP contribution is 2.29. The van der Waals surface area contributed by atoms with Crippen LogP contribution in [0.15, 0.2) is 45.9 Å². The number of halogens is 3. The fraction of sp³-hybridized carbons (Fsp3) is 0.125. The third-order valence-corrected chi connectivity index (χ3v) is 5.93. The Hall–Kier alpha value is -1.93. The Morgan fingerprint density at radius 3 is 2.62 bits per heavy atom. The zero-order valence-corrected chi connectivity index (χ0v) is 14.8. The van der Waals surface area contributed by atoms with Gasteiger partial charge in [0.25, 0.3) is 0 Å². The van der Waals surface area contributed by atoms with Gasteiger partial charge in [0, 0.05) is 23.2 Å². The molecule has 8 heteroatoms. The standard InChI is InChI=1S/C16H12BrF2NO3S/c1-23-10-2-3-11-15(5-10)20-7-16(11)24(21,22)8-9-4-14(19)12(17)6-13(9)18/h2-7,20H,8H2,1H3. The summed E-state index contributed by atoms with van der Waals surface area (Å²) in [5.41, 5.74) is 0.356. The average molecular weight is 416 g/mol. The first kappa shape index (κ1) is 16.9. The lowest BCUT2D eigenvalue weighted by Gasteiger charge is -2.06. The third kappa shape index (κ3) is 3.03. The van der Waals surface area contributed by atoms with Gasteiger partial charge in [-0.2, -0.15) is 0 Å². The van der Waals surface area contributed by atoms with Crippen molar-refractivity contribution in [1.29, 1.82) is 0 Å². The molecule has 0 bridgehead atoms. The first-order valence-electron chi connectivity index (χ1n) is 6.83. The fourth-order valence-corrected chi connectivity index (χ4v) is 4.27. The van der Waals surface area contributed by atoms with E-state index >= 15 is 0 Å². The van der Waals surface area contributed by atoms with E-state index in [1.165, 1.54) is 13.3 Å². The molecule has 0 unspecified atom stereocenters. The maximum atomic E-state index is 13.9. The largest absolute Gasteiger partial charge is 0.497 e. The fourth-order valence-electron chi connectivity index (χ4n) is 2.42. The molecule has 0 radical (unpaired) electrons. The predicted molar refractivity (Wildman–Crippen MR) is 89.8 cm³/mol. The van der Waals surface area contributed by atoms with Crippen LogP contribution in [0, 0.1) is 11.6 Å². The SMILES string of the molecule is COc1ccc2c(S(=O)(=O)Cc3cc(F)c(Br)cc3F)c[nH]c2c1. The van der Waals surface area contributed by atoms with Crippen LogP contribution in [-0.4, -0.2) is 20.5 Å². The molecule has 126 valence electrons. The van der Waals surface area contributed by atoms with Crippen LogP contribution in [0.5, 0.6) is 5.75 Å². The van der Waals surface area contributed by atoms with Gasteiger partial charge in [0.05, 0.1) is 27.7 Å². The van der Waals surface area contributed by atoms with Gasteiger partial charge < -0.3 is 9.72 Å². The van der Waals surface area contributed by atoms with Crippen molar-refractivity contribution in [2.75, 3.05) is 7.11 Å². The molecule has 4 nitrogen and oxygen atoms in total. The first-order chi connectivity index (χ1) is 11.3. The second-order valence-electron chi connectivity index (χ2n) is 5.18. The molecule has 24 heavy (non-hydrogen) atoms. The molecule has 0 aliphatic heterocycles. The molecule has 1 heterocycles. The molecule has 3 rings (SSSR count). The number of hydrogen-bond donors (Lipinski definition) is 1. The van der Waals surface area contributed by atoms with Crippen LogP contribution in [0.2, 0.25) is 0 Å². The van der Waals surface area contributed by atoms with Crippen LogP contribution in [0.1, 0.15) is 5.56 Å². The molecule has 0 aliphatic carbocycles. The minimum atomic E-state index is -3.86. The van der Waals surface area contributed by atoms with Crippen LogP contribution in [-0.2, 0) is 15.6 Å². The van der Waals surface area contributed by atoms with Gasteiger partial charge in [0.15, 0.2) is 9.84 Å². The molecule has 0 fully saturated rings. The van der Waals surface area contributed by atoms with Crippen LogP contribution in [0.25, 0.3) is 10.9 Å². The van der Waals surface area contributed by atoms with Crippen LogP contribution in [0.4, 0.5) is 8.78 Å². The van der Waals surface area contributed by atoms with E-state index in [0.29, 0.717) is 16.7 Å². The van der Waals surface area contributed by atoms with Gasteiger partial charge in [0.1, 0.15) is 17.4 Å². The van der Waals surface area contributed by atoms with Gasteiger partial charge in [-0.05, 0) is 40.2 Å². The number of hydrogen-bond acceptors (Lipinski definition) is 3. The number of benzene rings is 2. The van der Waals surface area contributed by atoms with Crippen molar-refractivity contribution in [2.45, 2.75) is 10.6 Å². The molecule has 0 saturated carbocycles. The Morgan fingerprint density at radius 1 is 1.17 bits per heavy atom. The molecule has 0 atom stereocenters. The highest BCUT2D eigenvalue weighted by atomic mass is 79.9. The summed E-state index contributed by atoms with van der Waals surface area (Å²) in [6.07, 6.45) is 1.34. The van der Waals surface area contributed by atoms with Crippen molar-refractivity contribution in [3.05, 3.63) is 58.2 Å². The highest BCUT2D eigenvalue weighted by molar-refractivity contribution is 9.10. The Morgan fingerprint density at radius 2 is 1.92 bits per heavy atom. The van der Waals surface area contributed by atoms with Gasteiger partial charge in [-0.15, -0.1) is 0 Å². The van der Waals surface area contributed by atoms with E-state index in [-0.39, 0.29) is 14.9 Å². The molecule has 0 aliphatic rings. The van der Waals surface area contributed by atoms with E-state index in [1.54, 1.807) is 18.2 Å². The van der Waals surface area contributed by atoms with E-state index in [2.05, 4.69) is 20.9 Å². The van der Waals surface area contributed by atoms with Crippen molar-refractivity contribution in [3.8, 4) is 5.75 Å². The van der Waals surface area contributed by atoms with Crippen LogP contribution >= 0.6 is 15.9 Å². The van der Waals surface area contributed by atoms with E-state index in [4.69, 9.17) is 4.74 Å². The minimum Gasteiger partial charge on any atom is -0.497 e. The lowest BCUT2D eigenvalue weighted by atomic mass is 10.2. The average Bonchev–Trinajstić information content (AvgIpc) is 2.96. The Labute approximate surface area is 145 Å². The number of methoxy groups -OCH3 is 1. The summed E-state index contributed by atoms with van der Waals surface area (Å²) in [5, 5.41) is 0.466.